The van der Waals surface area contributed by atoms with Crippen molar-refractivity contribution in [3.05, 3.63) is 40.7 Å². The summed E-state index contributed by atoms with van der Waals surface area (Å²) < 4.78 is 13.9. The lowest BCUT2D eigenvalue weighted by Crippen LogP contribution is -2.53. The number of hydrogen-bond donors (Lipinski definition) is 4. The molecule has 2 unspecified atom stereocenters. The zero-order valence-corrected chi connectivity index (χ0v) is 18.7. The Kier molecular flexibility index (Phi) is 9.19. The van der Waals surface area contributed by atoms with Crippen LogP contribution in [0.2, 0.25) is 5.02 Å². The van der Waals surface area contributed by atoms with Crippen LogP contribution >= 0.6 is 11.6 Å². The van der Waals surface area contributed by atoms with Gasteiger partial charge in [-0.15, -0.1) is 0 Å². The number of hydrogen-bond acceptors (Lipinski definition) is 4. The normalized spacial score (nSPS) is 17.8. The van der Waals surface area contributed by atoms with Crippen molar-refractivity contribution in [1.29, 1.82) is 0 Å². The largest absolute Gasteiger partial charge is 0.368 e. The van der Waals surface area contributed by atoms with Crippen LogP contribution in [-0.4, -0.2) is 42.3 Å². The Bertz CT molecular complexity index is 906. The molecule has 10 heteroatoms. The van der Waals surface area contributed by atoms with E-state index in [-0.39, 0.29) is 28.8 Å². The standard InChI is InChI=1S/C22H28ClFN4O4/c1-12(2)9-18(27-19(29)6-4-13-3-5-15(23)11-16(13)24)22(32)28-17(20(25)30)10-14-7-8-26-21(14)31/h3-6,11-12,14,17-18H,7-10H2,1-2H3,(H2,25,30)(H,26,31)(H,27,29)(H,28,32)/b6-4+/t14-,17?,18?/m0/s1. The van der Waals surface area contributed by atoms with Gasteiger partial charge in [-0.1, -0.05) is 31.5 Å². The number of primary amides is 1. The molecule has 0 spiro atoms. The highest BCUT2D eigenvalue weighted by Gasteiger charge is 2.32. The maximum Gasteiger partial charge on any atom is 0.244 e. The topological polar surface area (TPSA) is 130 Å². The van der Waals surface area contributed by atoms with Gasteiger partial charge in [-0.3, -0.25) is 19.2 Å². The molecule has 2 rings (SSSR count). The van der Waals surface area contributed by atoms with Gasteiger partial charge in [0.25, 0.3) is 0 Å². The summed E-state index contributed by atoms with van der Waals surface area (Å²) in [7, 11) is 0. The van der Waals surface area contributed by atoms with Gasteiger partial charge in [0.15, 0.2) is 0 Å². The minimum atomic E-state index is -1.04. The third-order valence-corrected chi connectivity index (χ3v) is 5.29. The van der Waals surface area contributed by atoms with E-state index in [2.05, 4.69) is 16.0 Å². The summed E-state index contributed by atoms with van der Waals surface area (Å²) in [5.41, 5.74) is 5.58. The second kappa shape index (κ2) is 11.6. The zero-order chi connectivity index (χ0) is 23.8. The molecule has 0 radical (unpaired) electrons. The molecule has 3 atom stereocenters. The van der Waals surface area contributed by atoms with E-state index in [1.807, 2.05) is 13.8 Å². The smallest absolute Gasteiger partial charge is 0.244 e. The number of halogens is 2. The molecule has 0 bridgehead atoms. The van der Waals surface area contributed by atoms with E-state index in [4.69, 9.17) is 17.3 Å². The van der Waals surface area contributed by atoms with E-state index in [1.165, 1.54) is 18.2 Å². The number of nitrogens with one attached hydrogen (secondary N) is 3. The van der Waals surface area contributed by atoms with Crippen LogP contribution in [-0.2, 0) is 19.2 Å². The second-order valence-electron chi connectivity index (χ2n) is 8.17. The Balaban J connectivity index is 2.05. The fourth-order valence-corrected chi connectivity index (χ4v) is 3.56. The van der Waals surface area contributed by atoms with Crippen LogP contribution in [0.5, 0.6) is 0 Å². The van der Waals surface area contributed by atoms with Gasteiger partial charge in [0, 0.05) is 29.1 Å². The lowest BCUT2D eigenvalue weighted by Gasteiger charge is -2.23. The summed E-state index contributed by atoms with van der Waals surface area (Å²) in [6, 6.07) is 2.06. The van der Waals surface area contributed by atoms with Gasteiger partial charge in [-0.05, 0) is 43.4 Å². The molecule has 4 amide bonds. The summed E-state index contributed by atoms with van der Waals surface area (Å²) >= 11 is 5.71. The number of nitrogens with two attached hydrogens (primary N) is 1. The molecule has 1 aliphatic heterocycles. The molecule has 1 aliphatic rings. The average molecular weight is 467 g/mol. The van der Waals surface area contributed by atoms with Crippen LogP contribution in [0.25, 0.3) is 6.08 Å². The highest BCUT2D eigenvalue weighted by molar-refractivity contribution is 6.30. The summed E-state index contributed by atoms with van der Waals surface area (Å²) in [6.45, 7) is 4.26. The maximum absolute atomic E-state index is 13.9. The molecule has 0 aliphatic carbocycles. The van der Waals surface area contributed by atoms with E-state index < -0.39 is 41.5 Å². The van der Waals surface area contributed by atoms with Gasteiger partial charge in [0.05, 0.1) is 0 Å². The Morgan fingerprint density at radius 2 is 2.00 bits per heavy atom. The molecule has 1 fully saturated rings. The van der Waals surface area contributed by atoms with Gasteiger partial charge in [0.2, 0.25) is 23.6 Å². The number of amides is 4. The van der Waals surface area contributed by atoms with E-state index in [1.54, 1.807) is 0 Å². The fraction of sp³-hybridized carbons (Fsp3) is 0.455. The third-order valence-electron chi connectivity index (χ3n) is 5.06. The van der Waals surface area contributed by atoms with Crippen LogP contribution in [0.4, 0.5) is 4.39 Å². The molecule has 1 heterocycles. The zero-order valence-electron chi connectivity index (χ0n) is 18.0. The lowest BCUT2D eigenvalue weighted by molar-refractivity contribution is -0.131. The molecular formula is C22H28ClFN4O4. The molecule has 5 N–H and O–H groups in total. The molecule has 1 aromatic rings. The first-order valence-corrected chi connectivity index (χ1v) is 10.8. The average Bonchev–Trinajstić information content (AvgIpc) is 3.10. The molecule has 0 aromatic heterocycles. The van der Waals surface area contributed by atoms with Crippen LogP contribution < -0.4 is 21.7 Å². The van der Waals surface area contributed by atoms with Crippen molar-refractivity contribution < 1.29 is 23.6 Å². The lowest BCUT2D eigenvalue weighted by atomic mass is 9.97. The van der Waals surface area contributed by atoms with Crippen molar-refractivity contribution >= 4 is 41.3 Å². The first-order valence-electron chi connectivity index (χ1n) is 10.4. The third kappa shape index (κ3) is 7.64. The van der Waals surface area contributed by atoms with Crippen LogP contribution in [0, 0.1) is 17.7 Å². The Morgan fingerprint density at radius 3 is 2.56 bits per heavy atom. The Morgan fingerprint density at radius 1 is 1.28 bits per heavy atom. The minimum Gasteiger partial charge on any atom is -0.368 e. The van der Waals surface area contributed by atoms with E-state index in [9.17, 15) is 23.6 Å². The van der Waals surface area contributed by atoms with Gasteiger partial charge in [-0.2, -0.15) is 0 Å². The molecule has 1 saturated heterocycles. The molecular weight excluding hydrogens is 439 g/mol. The highest BCUT2D eigenvalue weighted by Crippen LogP contribution is 2.17. The quantitative estimate of drug-likeness (QED) is 0.389. The molecule has 174 valence electrons. The number of carbonyl (C=O) groups is 4. The Hall–Kier alpha value is -2.94. The predicted molar refractivity (Wildman–Crippen MR) is 119 cm³/mol. The maximum atomic E-state index is 13.9. The summed E-state index contributed by atoms with van der Waals surface area (Å²) in [6.07, 6.45) is 3.33. The summed E-state index contributed by atoms with van der Waals surface area (Å²) in [5, 5.41) is 8.04. The van der Waals surface area contributed by atoms with Crippen LogP contribution in [0.15, 0.2) is 24.3 Å². The molecule has 8 nitrogen and oxygen atoms in total. The summed E-state index contributed by atoms with van der Waals surface area (Å²) in [5.74, 6) is -3.08. The summed E-state index contributed by atoms with van der Waals surface area (Å²) in [4.78, 5) is 48.8. The van der Waals surface area contributed by atoms with Gasteiger partial charge in [-0.25, -0.2) is 4.39 Å². The van der Waals surface area contributed by atoms with E-state index in [0.29, 0.717) is 19.4 Å². The van der Waals surface area contributed by atoms with Gasteiger partial charge < -0.3 is 21.7 Å². The monoisotopic (exact) mass is 466 g/mol. The van der Waals surface area contributed by atoms with Crippen LogP contribution in [0.3, 0.4) is 0 Å². The van der Waals surface area contributed by atoms with Crippen molar-refractivity contribution in [3.8, 4) is 0 Å². The first-order chi connectivity index (χ1) is 15.1. The first kappa shape index (κ1) is 25.3. The van der Waals surface area contributed by atoms with Gasteiger partial charge >= 0.3 is 0 Å². The fourth-order valence-electron chi connectivity index (χ4n) is 3.40. The van der Waals surface area contributed by atoms with E-state index in [0.717, 1.165) is 12.1 Å². The second-order valence-corrected chi connectivity index (χ2v) is 8.60. The van der Waals surface area contributed by atoms with Crippen molar-refractivity contribution in [2.45, 2.75) is 45.2 Å². The SMILES string of the molecule is CC(C)CC(NC(=O)/C=C/c1ccc(Cl)cc1F)C(=O)NC(C[C@@H]1CCNC1=O)C(N)=O. The van der Waals surface area contributed by atoms with E-state index >= 15 is 0 Å². The minimum absolute atomic E-state index is 0.0522. The Labute approximate surface area is 191 Å². The number of rotatable bonds is 10. The van der Waals surface area contributed by atoms with Crippen molar-refractivity contribution in [3.63, 3.8) is 0 Å². The van der Waals surface area contributed by atoms with Crippen molar-refractivity contribution in [2.75, 3.05) is 6.54 Å². The van der Waals surface area contributed by atoms with Crippen LogP contribution in [0.1, 0.15) is 38.7 Å². The van der Waals surface area contributed by atoms with Crippen molar-refractivity contribution in [1.82, 2.24) is 16.0 Å². The highest BCUT2D eigenvalue weighted by atomic mass is 35.5. The molecule has 1 aromatic carbocycles. The number of carbonyl (C=O) groups excluding carboxylic acids is 4. The molecule has 0 saturated carbocycles. The van der Waals surface area contributed by atoms with Crippen molar-refractivity contribution in [2.24, 2.45) is 17.6 Å². The van der Waals surface area contributed by atoms with Gasteiger partial charge in [0.1, 0.15) is 17.9 Å². The molecule has 32 heavy (non-hydrogen) atoms. The predicted octanol–water partition coefficient (Wildman–Crippen LogP) is 1.52. The number of benzene rings is 1.